The van der Waals surface area contributed by atoms with Gasteiger partial charge in [-0.1, -0.05) is 11.6 Å². The lowest BCUT2D eigenvalue weighted by Crippen LogP contribution is -2.30. The second kappa shape index (κ2) is 6.83. The van der Waals surface area contributed by atoms with Crippen LogP contribution >= 0.6 is 11.6 Å². The molecule has 0 aliphatic carbocycles. The van der Waals surface area contributed by atoms with Crippen LogP contribution < -0.4 is 15.9 Å². The summed E-state index contributed by atoms with van der Waals surface area (Å²) in [5.41, 5.74) is 0.707. The molecule has 0 spiro atoms. The molecule has 0 bridgehead atoms. The van der Waals surface area contributed by atoms with Gasteiger partial charge in [0.05, 0.1) is 15.5 Å². The summed E-state index contributed by atoms with van der Waals surface area (Å²) in [4.78, 5) is 16.4. The molecule has 0 aliphatic rings. The zero-order valence-electron chi connectivity index (χ0n) is 13.0. The van der Waals surface area contributed by atoms with Crippen LogP contribution in [0.2, 0.25) is 5.02 Å². The highest BCUT2D eigenvalue weighted by Gasteiger charge is 2.31. The normalized spacial score (nSPS) is 12.3. The van der Waals surface area contributed by atoms with Crippen LogP contribution in [0.1, 0.15) is 5.56 Å². The van der Waals surface area contributed by atoms with Gasteiger partial charge in [0, 0.05) is 17.6 Å². The van der Waals surface area contributed by atoms with Gasteiger partial charge in [-0.3, -0.25) is 5.43 Å². The van der Waals surface area contributed by atoms with E-state index in [1.54, 1.807) is 0 Å². The van der Waals surface area contributed by atoms with E-state index < -0.39 is 32.4 Å². The molecule has 27 heavy (non-hydrogen) atoms. The molecule has 3 rings (SSSR count). The van der Waals surface area contributed by atoms with Crippen LogP contribution in [0.25, 0.3) is 11.0 Å². The zero-order valence-corrected chi connectivity index (χ0v) is 14.6. The lowest BCUT2D eigenvalue weighted by Gasteiger charge is -2.12. The minimum absolute atomic E-state index is 0.181. The minimum atomic E-state index is -4.63. The lowest BCUT2D eigenvalue weighted by molar-refractivity contribution is -0.137. The number of nitrogens with zero attached hydrogens (tertiary/aromatic N) is 1. The Morgan fingerprint density at radius 2 is 1.85 bits per heavy atom. The van der Waals surface area contributed by atoms with Crippen molar-refractivity contribution in [1.82, 2.24) is 9.82 Å². The molecule has 2 N–H and O–H groups in total. The Bertz CT molecular complexity index is 1180. The number of anilines is 1. The van der Waals surface area contributed by atoms with Gasteiger partial charge in [-0.2, -0.15) is 13.2 Å². The largest absolute Gasteiger partial charge is 0.423 e. The van der Waals surface area contributed by atoms with Gasteiger partial charge in [0.1, 0.15) is 5.58 Å². The summed E-state index contributed by atoms with van der Waals surface area (Å²) in [6.45, 7) is 0. The lowest BCUT2D eigenvalue weighted by atomic mass is 10.2. The highest BCUT2D eigenvalue weighted by Crippen LogP contribution is 2.32. The van der Waals surface area contributed by atoms with Crippen molar-refractivity contribution in [2.75, 3.05) is 5.43 Å². The predicted octanol–water partition coefficient (Wildman–Crippen LogP) is 3.17. The molecule has 0 amide bonds. The number of hydrogen-bond acceptors (Lipinski definition) is 6. The second-order valence-corrected chi connectivity index (χ2v) is 7.33. The number of halogens is 4. The maximum Gasteiger partial charge on any atom is 0.417 e. The van der Waals surface area contributed by atoms with Gasteiger partial charge < -0.3 is 4.42 Å². The summed E-state index contributed by atoms with van der Waals surface area (Å²) in [6.07, 6.45) is -4.12. The average Bonchev–Trinajstić information content (AvgIpc) is 2.59. The molecule has 0 atom stereocenters. The Hall–Kier alpha value is -2.63. The van der Waals surface area contributed by atoms with Gasteiger partial charge in [0.2, 0.25) is 0 Å². The second-order valence-electron chi connectivity index (χ2n) is 5.24. The summed E-state index contributed by atoms with van der Waals surface area (Å²) in [7, 11) is -4.12. The van der Waals surface area contributed by atoms with E-state index in [1.807, 2.05) is 4.83 Å². The first-order chi connectivity index (χ1) is 12.6. The fourth-order valence-corrected chi connectivity index (χ4v) is 3.17. The predicted molar refractivity (Wildman–Crippen MR) is 90.7 cm³/mol. The molecule has 0 radical (unpaired) electrons. The van der Waals surface area contributed by atoms with Crippen molar-refractivity contribution in [2.24, 2.45) is 0 Å². The van der Waals surface area contributed by atoms with E-state index in [9.17, 15) is 26.4 Å². The van der Waals surface area contributed by atoms with Crippen molar-refractivity contribution in [2.45, 2.75) is 11.1 Å². The first kappa shape index (κ1) is 19.1. The number of hydrogen-bond donors (Lipinski definition) is 2. The molecule has 0 saturated carbocycles. The molecule has 0 unspecified atom stereocenters. The van der Waals surface area contributed by atoms with Crippen LogP contribution in [0.4, 0.5) is 19.0 Å². The number of sulfonamides is 1. The van der Waals surface area contributed by atoms with Crippen molar-refractivity contribution in [3.63, 3.8) is 0 Å². The first-order valence-electron chi connectivity index (χ1n) is 7.11. The van der Waals surface area contributed by atoms with Crippen molar-refractivity contribution >= 4 is 38.4 Å². The number of aromatic nitrogens is 1. The van der Waals surface area contributed by atoms with E-state index in [0.717, 1.165) is 6.07 Å². The number of benzene rings is 1. The Kier molecular flexibility index (Phi) is 4.84. The summed E-state index contributed by atoms with van der Waals surface area (Å²) in [6, 6.07) is 6.89. The van der Waals surface area contributed by atoms with E-state index in [4.69, 9.17) is 16.0 Å². The molecule has 142 valence electrons. The molecule has 2 aromatic heterocycles. The van der Waals surface area contributed by atoms with Crippen LogP contribution in [0.15, 0.2) is 56.7 Å². The topological polar surface area (TPSA) is 101 Å². The number of alkyl halides is 3. The summed E-state index contributed by atoms with van der Waals surface area (Å²) < 4.78 is 67.4. The third kappa shape index (κ3) is 4.21. The molecule has 3 aromatic rings. The highest BCUT2D eigenvalue weighted by atomic mass is 35.5. The van der Waals surface area contributed by atoms with Gasteiger partial charge in [0.15, 0.2) is 5.82 Å². The van der Waals surface area contributed by atoms with E-state index in [2.05, 4.69) is 10.4 Å². The van der Waals surface area contributed by atoms with Crippen molar-refractivity contribution in [1.29, 1.82) is 0 Å². The van der Waals surface area contributed by atoms with Crippen LogP contribution in [-0.2, 0) is 16.2 Å². The highest BCUT2D eigenvalue weighted by molar-refractivity contribution is 7.89. The van der Waals surface area contributed by atoms with E-state index >= 15 is 0 Å². The SMILES string of the molecule is O=c1ccc2cc(S(=O)(=O)NNc3ncc(C(F)(F)F)cc3Cl)ccc2o1. The molecule has 0 aliphatic heterocycles. The Morgan fingerprint density at radius 3 is 2.52 bits per heavy atom. The van der Waals surface area contributed by atoms with Gasteiger partial charge >= 0.3 is 11.8 Å². The van der Waals surface area contributed by atoms with Crippen molar-refractivity contribution < 1.29 is 26.0 Å². The molecule has 12 heteroatoms. The monoisotopic (exact) mass is 419 g/mol. The molecule has 0 saturated heterocycles. The van der Waals surface area contributed by atoms with E-state index in [-0.39, 0.29) is 16.3 Å². The molecule has 0 fully saturated rings. The molecular formula is C15H9ClF3N3O4S. The molecule has 1 aromatic carbocycles. The number of fused-ring (bicyclic) bond motifs is 1. The standard InChI is InChI=1S/C15H9ClF3N3O4S/c16-11-6-9(15(17,18)19)7-20-14(11)21-22-27(24,25)10-2-3-12-8(5-10)1-4-13(23)26-12/h1-7,22H,(H,20,21). The van der Waals surface area contributed by atoms with Crippen LogP contribution in [0.5, 0.6) is 0 Å². The molecular weight excluding hydrogens is 411 g/mol. The zero-order chi connectivity index (χ0) is 19.8. The molecule has 7 nitrogen and oxygen atoms in total. The number of hydrazine groups is 1. The van der Waals surface area contributed by atoms with Crippen LogP contribution in [0.3, 0.4) is 0 Å². The van der Waals surface area contributed by atoms with Crippen LogP contribution in [-0.4, -0.2) is 13.4 Å². The third-order valence-corrected chi connectivity index (χ3v) is 4.91. The Labute approximate surface area is 154 Å². The number of pyridine rings is 1. The fraction of sp³-hybridized carbons (Fsp3) is 0.0667. The summed E-state index contributed by atoms with van der Waals surface area (Å²) in [5, 5.41) is -0.0593. The van der Waals surface area contributed by atoms with Crippen molar-refractivity contribution in [3.8, 4) is 0 Å². The maximum atomic E-state index is 12.6. The summed E-state index contributed by atoms with van der Waals surface area (Å²) in [5.74, 6) is -0.306. The van der Waals surface area contributed by atoms with Gasteiger partial charge in [-0.05, 0) is 30.3 Å². The number of rotatable bonds is 4. The fourth-order valence-electron chi connectivity index (χ4n) is 2.08. The smallest absolute Gasteiger partial charge is 0.417 e. The van der Waals surface area contributed by atoms with Gasteiger partial charge in [0.25, 0.3) is 10.0 Å². The average molecular weight is 420 g/mol. The van der Waals surface area contributed by atoms with Crippen molar-refractivity contribution in [3.05, 3.63) is 63.6 Å². The Balaban J connectivity index is 1.83. The minimum Gasteiger partial charge on any atom is -0.423 e. The first-order valence-corrected chi connectivity index (χ1v) is 8.97. The number of nitrogens with one attached hydrogen (secondary N) is 2. The van der Waals surface area contributed by atoms with Gasteiger partial charge in [-0.15, -0.1) is 4.83 Å². The quantitative estimate of drug-likeness (QED) is 0.497. The Morgan fingerprint density at radius 1 is 1.11 bits per heavy atom. The third-order valence-electron chi connectivity index (χ3n) is 3.37. The van der Waals surface area contributed by atoms with E-state index in [0.29, 0.717) is 17.6 Å². The maximum absolute atomic E-state index is 12.6. The van der Waals surface area contributed by atoms with Gasteiger partial charge in [-0.25, -0.2) is 18.2 Å². The van der Waals surface area contributed by atoms with Crippen LogP contribution in [0, 0.1) is 0 Å². The summed E-state index contributed by atoms with van der Waals surface area (Å²) >= 11 is 5.70. The van der Waals surface area contributed by atoms with E-state index in [1.165, 1.54) is 24.3 Å². The molecule has 2 heterocycles.